The molecular formula is C12H10FNO. The van der Waals surface area contributed by atoms with E-state index in [2.05, 4.69) is 4.98 Å². The van der Waals surface area contributed by atoms with Gasteiger partial charge in [-0.3, -0.25) is 4.98 Å². The SMILES string of the molecule is OCc1cc(-c2ccccc2)c(F)cn1. The summed E-state index contributed by atoms with van der Waals surface area (Å²) in [6.45, 7) is -0.180. The van der Waals surface area contributed by atoms with E-state index in [-0.39, 0.29) is 12.4 Å². The number of hydrogen-bond donors (Lipinski definition) is 1. The van der Waals surface area contributed by atoms with Crippen molar-refractivity contribution in [2.45, 2.75) is 6.61 Å². The maximum Gasteiger partial charge on any atom is 0.149 e. The summed E-state index contributed by atoms with van der Waals surface area (Å²) < 4.78 is 13.4. The molecule has 0 unspecified atom stereocenters. The lowest BCUT2D eigenvalue weighted by Gasteiger charge is -2.04. The van der Waals surface area contributed by atoms with Gasteiger partial charge in [0.2, 0.25) is 0 Å². The average Bonchev–Trinajstić information content (AvgIpc) is 2.31. The van der Waals surface area contributed by atoms with Gasteiger partial charge in [-0.05, 0) is 11.6 Å². The van der Waals surface area contributed by atoms with Crippen molar-refractivity contribution in [1.82, 2.24) is 4.98 Å². The number of nitrogens with zero attached hydrogens (tertiary/aromatic N) is 1. The molecule has 0 atom stereocenters. The molecule has 0 amide bonds. The number of hydrogen-bond acceptors (Lipinski definition) is 2. The number of aliphatic hydroxyl groups excluding tert-OH is 1. The van der Waals surface area contributed by atoms with E-state index in [4.69, 9.17) is 5.11 Å². The Morgan fingerprint density at radius 1 is 1.20 bits per heavy atom. The zero-order chi connectivity index (χ0) is 10.7. The first kappa shape index (κ1) is 9.80. The first-order chi connectivity index (χ1) is 7.31. The van der Waals surface area contributed by atoms with Crippen molar-refractivity contribution < 1.29 is 9.50 Å². The molecule has 0 radical (unpaired) electrons. The lowest BCUT2D eigenvalue weighted by atomic mass is 10.1. The average molecular weight is 203 g/mol. The molecule has 2 nitrogen and oxygen atoms in total. The minimum Gasteiger partial charge on any atom is -0.390 e. The van der Waals surface area contributed by atoms with Crippen molar-refractivity contribution in [3.05, 3.63) is 54.1 Å². The van der Waals surface area contributed by atoms with E-state index in [1.54, 1.807) is 6.07 Å². The highest BCUT2D eigenvalue weighted by molar-refractivity contribution is 5.63. The molecule has 2 rings (SSSR count). The van der Waals surface area contributed by atoms with E-state index >= 15 is 0 Å². The fourth-order valence-corrected chi connectivity index (χ4v) is 1.41. The second-order valence-corrected chi connectivity index (χ2v) is 3.18. The highest BCUT2D eigenvalue weighted by atomic mass is 19.1. The molecule has 0 aliphatic heterocycles. The molecule has 0 saturated carbocycles. The van der Waals surface area contributed by atoms with Crippen LogP contribution in [-0.2, 0) is 6.61 Å². The predicted molar refractivity (Wildman–Crippen MR) is 55.6 cm³/mol. The van der Waals surface area contributed by atoms with Gasteiger partial charge in [-0.2, -0.15) is 0 Å². The van der Waals surface area contributed by atoms with Crippen molar-refractivity contribution >= 4 is 0 Å². The van der Waals surface area contributed by atoms with Crippen molar-refractivity contribution in [1.29, 1.82) is 0 Å². The fraction of sp³-hybridized carbons (Fsp3) is 0.0833. The Kier molecular flexibility index (Phi) is 2.74. The molecule has 0 aliphatic rings. The van der Waals surface area contributed by atoms with Gasteiger partial charge in [-0.1, -0.05) is 30.3 Å². The van der Waals surface area contributed by atoms with Crippen LogP contribution in [0.1, 0.15) is 5.69 Å². The summed E-state index contributed by atoms with van der Waals surface area (Å²) in [5, 5.41) is 8.91. The number of rotatable bonds is 2. The molecule has 1 aromatic carbocycles. The molecule has 76 valence electrons. The van der Waals surface area contributed by atoms with Crippen LogP contribution in [0.15, 0.2) is 42.6 Å². The van der Waals surface area contributed by atoms with E-state index in [0.717, 1.165) is 11.8 Å². The Labute approximate surface area is 87.0 Å². The van der Waals surface area contributed by atoms with Gasteiger partial charge in [-0.15, -0.1) is 0 Å². The van der Waals surface area contributed by atoms with Crippen molar-refractivity contribution in [3.63, 3.8) is 0 Å². The first-order valence-corrected chi connectivity index (χ1v) is 4.62. The normalized spacial score (nSPS) is 10.3. The van der Waals surface area contributed by atoms with E-state index in [0.29, 0.717) is 11.3 Å². The molecule has 1 heterocycles. The first-order valence-electron chi connectivity index (χ1n) is 4.62. The maximum absolute atomic E-state index is 13.4. The summed E-state index contributed by atoms with van der Waals surface area (Å²) in [4.78, 5) is 3.76. The van der Waals surface area contributed by atoms with Crippen LogP contribution in [0, 0.1) is 5.82 Å². The summed E-state index contributed by atoms with van der Waals surface area (Å²) in [6, 6.07) is 10.8. The van der Waals surface area contributed by atoms with Gasteiger partial charge >= 0.3 is 0 Å². The minimum atomic E-state index is -0.376. The van der Waals surface area contributed by atoms with Crippen molar-refractivity contribution in [2.24, 2.45) is 0 Å². The summed E-state index contributed by atoms with van der Waals surface area (Å²) in [7, 11) is 0. The van der Waals surface area contributed by atoms with E-state index in [1.807, 2.05) is 30.3 Å². The van der Waals surface area contributed by atoms with Gasteiger partial charge in [0.1, 0.15) is 5.82 Å². The molecule has 0 fully saturated rings. The van der Waals surface area contributed by atoms with E-state index in [1.165, 1.54) is 0 Å². The van der Waals surface area contributed by atoms with E-state index in [9.17, 15) is 4.39 Å². The highest BCUT2D eigenvalue weighted by Crippen LogP contribution is 2.22. The van der Waals surface area contributed by atoms with E-state index < -0.39 is 0 Å². The number of pyridine rings is 1. The van der Waals surface area contributed by atoms with Gasteiger partial charge in [0.25, 0.3) is 0 Å². The van der Waals surface area contributed by atoms with Crippen LogP contribution in [0.3, 0.4) is 0 Å². The summed E-state index contributed by atoms with van der Waals surface area (Å²) in [6.07, 6.45) is 1.13. The van der Waals surface area contributed by atoms with Crippen LogP contribution < -0.4 is 0 Å². The van der Waals surface area contributed by atoms with Crippen LogP contribution in [-0.4, -0.2) is 10.1 Å². The number of aliphatic hydroxyl groups is 1. The van der Waals surface area contributed by atoms with Crippen molar-refractivity contribution in [2.75, 3.05) is 0 Å². The van der Waals surface area contributed by atoms with Crippen LogP contribution in [0.25, 0.3) is 11.1 Å². The zero-order valence-corrected chi connectivity index (χ0v) is 8.02. The molecule has 0 spiro atoms. The third-order valence-electron chi connectivity index (χ3n) is 2.16. The second kappa shape index (κ2) is 4.19. The molecule has 2 aromatic rings. The lowest BCUT2D eigenvalue weighted by molar-refractivity contribution is 0.276. The number of halogens is 1. The quantitative estimate of drug-likeness (QED) is 0.812. The lowest BCUT2D eigenvalue weighted by Crippen LogP contribution is -1.93. The molecule has 1 N–H and O–H groups in total. The Morgan fingerprint density at radius 2 is 1.93 bits per heavy atom. The Morgan fingerprint density at radius 3 is 2.60 bits per heavy atom. The van der Waals surface area contributed by atoms with Gasteiger partial charge in [-0.25, -0.2) is 4.39 Å². The third-order valence-corrected chi connectivity index (χ3v) is 2.16. The number of aromatic nitrogens is 1. The number of benzene rings is 1. The smallest absolute Gasteiger partial charge is 0.149 e. The van der Waals surface area contributed by atoms with Crippen LogP contribution in [0.5, 0.6) is 0 Å². The van der Waals surface area contributed by atoms with Gasteiger partial charge in [0.15, 0.2) is 0 Å². The Bertz CT molecular complexity index is 456. The highest BCUT2D eigenvalue weighted by Gasteiger charge is 2.06. The molecular weight excluding hydrogens is 193 g/mol. The standard InChI is InChI=1S/C12H10FNO/c13-12-7-14-10(8-15)6-11(12)9-4-2-1-3-5-9/h1-7,15H,8H2. The third kappa shape index (κ3) is 2.02. The zero-order valence-electron chi connectivity index (χ0n) is 8.02. The maximum atomic E-state index is 13.4. The predicted octanol–water partition coefficient (Wildman–Crippen LogP) is 2.38. The summed E-state index contributed by atoms with van der Waals surface area (Å²) in [5.74, 6) is -0.376. The second-order valence-electron chi connectivity index (χ2n) is 3.18. The topological polar surface area (TPSA) is 33.1 Å². The Hall–Kier alpha value is -1.74. The monoisotopic (exact) mass is 203 g/mol. The largest absolute Gasteiger partial charge is 0.390 e. The molecule has 15 heavy (non-hydrogen) atoms. The van der Waals surface area contributed by atoms with Gasteiger partial charge < -0.3 is 5.11 Å². The summed E-state index contributed by atoms with van der Waals surface area (Å²) >= 11 is 0. The fourth-order valence-electron chi connectivity index (χ4n) is 1.41. The summed E-state index contributed by atoms with van der Waals surface area (Å²) in [5.41, 5.74) is 1.72. The van der Waals surface area contributed by atoms with Gasteiger partial charge in [0.05, 0.1) is 18.5 Å². The van der Waals surface area contributed by atoms with Gasteiger partial charge in [0, 0.05) is 5.56 Å². The molecule has 0 bridgehead atoms. The molecule has 0 saturated heterocycles. The van der Waals surface area contributed by atoms with Crippen molar-refractivity contribution in [3.8, 4) is 11.1 Å². The Balaban J connectivity index is 2.52. The van der Waals surface area contributed by atoms with Crippen LogP contribution >= 0.6 is 0 Å². The molecule has 0 aliphatic carbocycles. The molecule has 3 heteroatoms. The van der Waals surface area contributed by atoms with Crippen LogP contribution in [0.4, 0.5) is 4.39 Å². The van der Waals surface area contributed by atoms with Crippen LogP contribution in [0.2, 0.25) is 0 Å². The minimum absolute atomic E-state index is 0.180. The molecule has 1 aromatic heterocycles.